The van der Waals surface area contributed by atoms with Crippen LogP contribution in [-0.4, -0.2) is 31.6 Å². The summed E-state index contributed by atoms with van der Waals surface area (Å²) in [4.78, 5) is 0. The molecule has 0 saturated heterocycles. The number of methoxy groups -OCH3 is 1. The summed E-state index contributed by atoms with van der Waals surface area (Å²) in [6, 6.07) is 25.7. The van der Waals surface area contributed by atoms with Crippen molar-refractivity contribution < 1.29 is 14.2 Å². The second-order valence-corrected chi connectivity index (χ2v) is 7.28. The Bertz CT molecular complexity index is 998. The standard InChI is InChI=1S/C25H27N3O3S/c1-29-15-14-26-25(32)28-27-17-22-12-13-23(30-18-20-8-4-2-5-9-20)24(16-22)31-19-21-10-6-3-7-11-21/h2-13,16-17H,14-15,18-19H2,1H3,(H2,26,28,32). The monoisotopic (exact) mass is 449 g/mol. The topological polar surface area (TPSA) is 64.1 Å². The van der Waals surface area contributed by atoms with E-state index in [4.69, 9.17) is 26.4 Å². The van der Waals surface area contributed by atoms with Crippen LogP contribution in [0.25, 0.3) is 0 Å². The Hall–Kier alpha value is -3.42. The molecule has 0 bridgehead atoms. The van der Waals surface area contributed by atoms with Crippen molar-refractivity contribution in [2.75, 3.05) is 20.3 Å². The Kier molecular flexibility index (Phi) is 9.51. The number of nitrogens with one attached hydrogen (secondary N) is 2. The van der Waals surface area contributed by atoms with Crippen molar-refractivity contribution >= 4 is 23.5 Å². The van der Waals surface area contributed by atoms with Gasteiger partial charge < -0.3 is 19.5 Å². The van der Waals surface area contributed by atoms with E-state index in [2.05, 4.69) is 15.8 Å². The zero-order chi connectivity index (χ0) is 22.4. The number of hydrogen-bond donors (Lipinski definition) is 2. The van der Waals surface area contributed by atoms with Gasteiger partial charge in [0.15, 0.2) is 16.6 Å². The fourth-order valence-electron chi connectivity index (χ4n) is 2.78. The highest BCUT2D eigenvalue weighted by Crippen LogP contribution is 2.29. The summed E-state index contributed by atoms with van der Waals surface area (Å²) in [6.45, 7) is 2.08. The first-order valence-corrected chi connectivity index (χ1v) is 10.7. The van der Waals surface area contributed by atoms with Crippen LogP contribution >= 0.6 is 12.2 Å². The molecule has 166 valence electrons. The predicted molar refractivity (Wildman–Crippen MR) is 131 cm³/mol. The van der Waals surface area contributed by atoms with Gasteiger partial charge in [0.05, 0.1) is 12.8 Å². The van der Waals surface area contributed by atoms with Gasteiger partial charge in [-0.05, 0) is 47.1 Å². The molecule has 0 spiro atoms. The molecule has 3 aromatic carbocycles. The lowest BCUT2D eigenvalue weighted by Crippen LogP contribution is -2.34. The molecule has 0 aliphatic heterocycles. The minimum Gasteiger partial charge on any atom is -0.485 e. The molecule has 0 atom stereocenters. The Labute approximate surface area is 194 Å². The van der Waals surface area contributed by atoms with Crippen molar-refractivity contribution in [3.8, 4) is 11.5 Å². The number of rotatable bonds is 11. The molecule has 6 nitrogen and oxygen atoms in total. The third kappa shape index (κ3) is 8.02. The van der Waals surface area contributed by atoms with E-state index < -0.39 is 0 Å². The maximum absolute atomic E-state index is 6.09. The fraction of sp³-hybridized carbons (Fsp3) is 0.200. The van der Waals surface area contributed by atoms with Gasteiger partial charge in [0.2, 0.25) is 0 Å². The van der Waals surface area contributed by atoms with E-state index in [1.165, 1.54) is 0 Å². The van der Waals surface area contributed by atoms with E-state index in [0.717, 1.165) is 16.7 Å². The predicted octanol–water partition coefficient (Wildman–Crippen LogP) is 4.29. The van der Waals surface area contributed by atoms with E-state index in [-0.39, 0.29) is 0 Å². The highest BCUT2D eigenvalue weighted by atomic mass is 32.1. The maximum Gasteiger partial charge on any atom is 0.187 e. The molecule has 0 radical (unpaired) electrons. The van der Waals surface area contributed by atoms with E-state index in [0.29, 0.717) is 43.0 Å². The maximum atomic E-state index is 6.09. The van der Waals surface area contributed by atoms with Gasteiger partial charge in [0.25, 0.3) is 0 Å². The van der Waals surface area contributed by atoms with Gasteiger partial charge in [-0.3, -0.25) is 5.43 Å². The van der Waals surface area contributed by atoms with Crippen LogP contribution in [0.1, 0.15) is 16.7 Å². The van der Waals surface area contributed by atoms with Crippen LogP contribution < -0.4 is 20.2 Å². The smallest absolute Gasteiger partial charge is 0.187 e. The summed E-state index contributed by atoms with van der Waals surface area (Å²) in [5.41, 5.74) is 5.81. The summed E-state index contributed by atoms with van der Waals surface area (Å²) in [5.74, 6) is 1.32. The van der Waals surface area contributed by atoms with Crippen LogP contribution in [-0.2, 0) is 18.0 Å². The number of nitrogens with zero attached hydrogens (tertiary/aromatic N) is 1. The molecular formula is C25H27N3O3S. The minimum absolute atomic E-state index is 0.432. The van der Waals surface area contributed by atoms with E-state index in [1.54, 1.807) is 13.3 Å². The van der Waals surface area contributed by atoms with E-state index in [9.17, 15) is 0 Å². The van der Waals surface area contributed by atoms with Gasteiger partial charge >= 0.3 is 0 Å². The minimum atomic E-state index is 0.432. The van der Waals surface area contributed by atoms with E-state index in [1.807, 2.05) is 78.9 Å². The van der Waals surface area contributed by atoms with Crippen LogP contribution in [0.5, 0.6) is 11.5 Å². The van der Waals surface area contributed by atoms with Crippen molar-refractivity contribution in [3.63, 3.8) is 0 Å². The van der Waals surface area contributed by atoms with Crippen molar-refractivity contribution in [1.82, 2.24) is 10.7 Å². The van der Waals surface area contributed by atoms with Crippen LogP contribution in [0.4, 0.5) is 0 Å². The summed E-state index contributed by atoms with van der Waals surface area (Å²) < 4.78 is 17.1. The lowest BCUT2D eigenvalue weighted by Gasteiger charge is -2.14. The van der Waals surface area contributed by atoms with Crippen LogP contribution in [0.3, 0.4) is 0 Å². The molecule has 0 aromatic heterocycles. The number of hydrogen-bond acceptors (Lipinski definition) is 5. The number of thiocarbonyl (C=S) groups is 1. The molecule has 0 aliphatic rings. The van der Waals surface area contributed by atoms with Gasteiger partial charge in [-0.25, -0.2) is 0 Å². The molecule has 3 rings (SSSR count). The molecule has 0 unspecified atom stereocenters. The van der Waals surface area contributed by atoms with Gasteiger partial charge in [0, 0.05) is 13.7 Å². The largest absolute Gasteiger partial charge is 0.485 e. The molecule has 0 fully saturated rings. The Balaban J connectivity index is 1.67. The zero-order valence-corrected chi connectivity index (χ0v) is 18.8. The van der Waals surface area contributed by atoms with Crippen molar-refractivity contribution in [3.05, 3.63) is 95.6 Å². The number of ether oxygens (including phenoxy) is 3. The van der Waals surface area contributed by atoms with Crippen molar-refractivity contribution in [1.29, 1.82) is 0 Å². The van der Waals surface area contributed by atoms with Gasteiger partial charge in [0.1, 0.15) is 13.2 Å². The van der Waals surface area contributed by atoms with Gasteiger partial charge in [-0.15, -0.1) is 0 Å². The normalized spacial score (nSPS) is 10.7. The quantitative estimate of drug-likeness (QED) is 0.197. The van der Waals surface area contributed by atoms with Crippen molar-refractivity contribution in [2.45, 2.75) is 13.2 Å². The van der Waals surface area contributed by atoms with Gasteiger partial charge in [-0.1, -0.05) is 60.7 Å². The first kappa shape index (κ1) is 23.2. The molecule has 0 heterocycles. The van der Waals surface area contributed by atoms with Crippen LogP contribution in [0.2, 0.25) is 0 Å². The first-order valence-electron chi connectivity index (χ1n) is 10.3. The second kappa shape index (κ2) is 13.1. The summed E-state index contributed by atoms with van der Waals surface area (Å²) >= 11 is 5.17. The fourth-order valence-corrected chi connectivity index (χ4v) is 2.93. The van der Waals surface area contributed by atoms with E-state index >= 15 is 0 Å². The van der Waals surface area contributed by atoms with Gasteiger partial charge in [-0.2, -0.15) is 5.10 Å². The summed E-state index contributed by atoms with van der Waals surface area (Å²) in [5, 5.41) is 7.62. The molecular weight excluding hydrogens is 422 g/mol. The number of benzene rings is 3. The molecule has 0 saturated carbocycles. The SMILES string of the molecule is COCCNC(=S)NN=Cc1ccc(OCc2ccccc2)c(OCc2ccccc2)c1. The van der Waals surface area contributed by atoms with Crippen molar-refractivity contribution in [2.24, 2.45) is 5.10 Å². The Morgan fingerprint density at radius 2 is 1.50 bits per heavy atom. The lowest BCUT2D eigenvalue weighted by molar-refractivity contribution is 0.204. The summed E-state index contributed by atoms with van der Waals surface area (Å²) in [6.07, 6.45) is 1.68. The molecule has 3 aromatic rings. The highest BCUT2D eigenvalue weighted by molar-refractivity contribution is 7.80. The van der Waals surface area contributed by atoms with Crippen LogP contribution in [0.15, 0.2) is 84.0 Å². The molecule has 7 heteroatoms. The molecule has 0 amide bonds. The van der Waals surface area contributed by atoms with Crippen LogP contribution in [0, 0.1) is 0 Å². The molecule has 2 N–H and O–H groups in total. The average molecular weight is 450 g/mol. The lowest BCUT2D eigenvalue weighted by atomic mass is 10.2. The Morgan fingerprint density at radius 3 is 2.12 bits per heavy atom. The molecule has 32 heavy (non-hydrogen) atoms. The average Bonchev–Trinajstić information content (AvgIpc) is 2.83. The Morgan fingerprint density at radius 1 is 0.875 bits per heavy atom. The third-order valence-corrected chi connectivity index (χ3v) is 4.65. The third-order valence-electron chi connectivity index (χ3n) is 4.41. The zero-order valence-electron chi connectivity index (χ0n) is 18.0. The summed E-state index contributed by atoms with van der Waals surface area (Å²) in [7, 11) is 1.64. The molecule has 0 aliphatic carbocycles. The highest BCUT2D eigenvalue weighted by Gasteiger charge is 2.08. The number of hydrazone groups is 1. The second-order valence-electron chi connectivity index (χ2n) is 6.87. The first-order chi connectivity index (χ1) is 15.7.